The number of halogens is 4. The molecular formula is C21H26F4O2. The lowest BCUT2D eigenvalue weighted by molar-refractivity contribution is -0.140. The van der Waals surface area contributed by atoms with Crippen LogP contribution in [0.5, 0.6) is 0 Å². The Kier molecular flexibility index (Phi) is 5.94. The third-order valence-corrected chi connectivity index (χ3v) is 6.09. The largest absolute Gasteiger partial charge is 0.419 e. The molecule has 0 amide bonds. The molecule has 2 nitrogen and oxygen atoms in total. The van der Waals surface area contributed by atoms with E-state index in [4.69, 9.17) is 4.74 Å². The Morgan fingerprint density at radius 2 is 1.74 bits per heavy atom. The molecule has 0 bridgehead atoms. The highest BCUT2D eigenvalue weighted by molar-refractivity contribution is 5.99. The lowest BCUT2D eigenvalue weighted by Crippen LogP contribution is -2.35. The minimum absolute atomic E-state index is 0.105. The molecule has 1 aromatic carbocycles. The number of ketones is 1. The predicted molar refractivity (Wildman–Crippen MR) is 94.1 cm³/mol. The normalized spacial score (nSPS) is 29.6. The smallest absolute Gasteiger partial charge is 0.378 e. The van der Waals surface area contributed by atoms with Gasteiger partial charge in [-0.3, -0.25) is 4.79 Å². The van der Waals surface area contributed by atoms with Crippen molar-refractivity contribution in [3.05, 3.63) is 34.6 Å². The van der Waals surface area contributed by atoms with Gasteiger partial charge in [0.2, 0.25) is 0 Å². The lowest BCUT2D eigenvalue weighted by atomic mass is 9.74. The SMILES string of the molecule is Cc1ccc(C(=O)C2CCC([C@@H]3CCC(C)CO3)CC2)c(C(F)(F)F)c1F. The molecule has 0 aromatic heterocycles. The number of benzene rings is 1. The summed E-state index contributed by atoms with van der Waals surface area (Å²) >= 11 is 0. The summed E-state index contributed by atoms with van der Waals surface area (Å²) in [7, 11) is 0. The molecule has 1 aromatic rings. The van der Waals surface area contributed by atoms with Gasteiger partial charge in [0.25, 0.3) is 0 Å². The van der Waals surface area contributed by atoms with Gasteiger partial charge in [0.1, 0.15) is 11.4 Å². The summed E-state index contributed by atoms with van der Waals surface area (Å²) < 4.78 is 60.1. The van der Waals surface area contributed by atoms with Gasteiger partial charge in [0, 0.05) is 18.1 Å². The maximum absolute atomic E-state index is 14.1. The van der Waals surface area contributed by atoms with Crippen LogP contribution in [0.2, 0.25) is 0 Å². The van der Waals surface area contributed by atoms with Gasteiger partial charge in [-0.05, 0) is 62.8 Å². The maximum atomic E-state index is 14.1. The van der Waals surface area contributed by atoms with Crippen LogP contribution >= 0.6 is 0 Å². The Hall–Kier alpha value is -1.43. The van der Waals surface area contributed by atoms with Crippen molar-refractivity contribution in [2.75, 3.05) is 6.61 Å². The Bertz CT molecular complexity index is 682. The van der Waals surface area contributed by atoms with Crippen LogP contribution in [0.4, 0.5) is 17.6 Å². The van der Waals surface area contributed by atoms with Crippen LogP contribution in [-0.2, 0) is 10.9 Å². The molecule has 2 fully saturated rings. The van der Waals surface area contributed by atoms with Gasteiger partial charge < -0.3 is 4.74 Å². The molecule has 3 rings (SSSR count). The number of alkyl halides is 3. The zero-order valence-electron chi connectivity index (χ0n) is 15.7. The van der Waals surface area contributed by atoms with Gasteiger partial charge in [-0.15, -0.1) is 0 Å². The summed E-state index contributed by atoms with van der Waals surface area (Å²) in [5.41, 5.74) is -2.05. The van der Waals surface area contributed by atoms with E-state index >= 15 is 0 Å². The average Bonchev–Trinajstić information content (AvgIpc) is 2.63. The molecule has 27 heavy (non-hydrogen) atoms. The van der Waals surface area contributed by atoms with Crippen molar-refractivity contribution < 1.29 is 27.1 Å². The molecule has 2 aliphatic rings. The quantitative estimate of drug-likeness (QED) is 0.473. The summed E-state index contributed by atoms with van der Waals surface area (Å²) in [6.07, 6.45) is 0.0470. The van der Waals surface area contributed by atoms with Crippen LogP contribution in [0.15, 0.2) is 12.1 Å². The molecule has 0 N–H and O–H groups in total. The highest BCUT2D eigenvalue weighted by atomic mass is 19.4. The van der Waals surface area contributed by atoms with E-state index in [-0.39, 0.29) is 11.7 Å². The molecule has 1 saturated carbocycles. The van der Waals surface area contributed by atoms with E-state index in [1.807, 2.05) is 0 Å². The number of aryl methyl sites for hydroxylation is 1. The highest BCUT2D eigenvalue weighted by Crippen LogP contribution is 2.40. The van der Waals surface area contributed by atoms with Gasteiger partial charge in [-0.2, -0.15) is 13.2 Å². The average molecular weight is 386 g/mol. The van der Waals surface area contributed by atoms with Gasteiger partial charge in [0.05, 0.1) is 6.10 Å². The number of ether oxygens (including phenoxy) is 1. The second kappa shape index (κ2) is 7.90. The summed E-state index contributed by atoms with van der Waals surface area (Å²) in [5, 5.41) is 0. The Labute approximate surface area is 157 Å². The molecule has 1 aliphatic heterocycles. The van der Waals surface area contributed by atoms with Crippen LogP contribution in [0, 0.1) is 30.5 Å². The van der Waals surface area contributed by atoms with E-state index in [1.54, 1.807) is 0 Å². The second-order valence-corrected chi connectivity index (χ2v) is 8.15. The Balaban J connectivity index is 1.71. The fourth-order valence-corrected chi connectivity index (χ4v) is 4.41. The number of carbonyl (C=O) groups excluding carboxylic acids is 1. The third-order valence-electron chi connectivity index (χ3n) is 6.09. The van der Waals surface area contributed by atoms with Crippen molar-refractivity contribution in [1.29, 1.82) is 0 Å². The van der Waals surface area contributed by atoms with Crippen molar-refractivity contribution in [3.63, 3.8) is 0 Å². The standard InChI is InChI=1S/C21H26F4O2/c1-12-3-10-17(27-11-12)14-5-7-15(8-6-14)20(26)16-9-4-13(2)19(22)18(16)21(23,24)25/h4,9,12,14-15,17H,3,5-8,10-11H2,1-2H3/t12?,14?,15?,17-/m0/s1. The van der Waals surface area contributed by atoms with E-state index in [2.05, 4.69) is 6.92 Å². The van der Waals surface area contributed by atoms with E-state index in [1.165, 1.54) is 13.0 Å². The zero-order valence-corrected chi connectivity index (χ0v) is 15.7. The summed E-state index contributed by atoms with van der Waals surface area (Å²) in [5.74, 6) is -1.48. The van der Waals surface area contributed by atoms with Crippen molar-refractivity contribution in [2.24, 2.45) is 17.8 Å². The zero-order chi connectivity index (χ0) is 19.8. The molecule has 6 heteroatoms. The number of hydrogen-bond donors (Lipinski definition) is 0. The molecule has 1 heterocycles. The fourth-order valence-electron chi connectivity index (χ4n) is 4.41. The predicted octanol–water partition coefficient (Wildman–Crippen LogP) is 5.96. The van der Waals surface area contributed by atoms with Crippen LogP contribution in [0.25, 0.3) is 0 Å². The highest BCUT2D eigenvalue weighted by Gasteiger charge is 2.41. The topological polar surface area (TPSA) is 26.3 Å². The Morgan fingerprint density at radius 1 is 1.07 bits per heavy atom. The number of hydrogen-bond acceptors (Lipinski definition) is 2. The molecule has 1 aliphatic carbocycles. The van der Waals surface area contributed by atoms with Gasteiger partial charge in [-0.25, -0.2) is 4.39 Å². The van der Waals surface area contributed by atoms with Crippen LogP contribution in [0.3, 0.4) is 0 Å². The van der Waals surface area contributed by atoms with E-state index in [0.29, 0.717) is 24.7 Å². The molecular weight excluding hydrogens is 360 g/mol. The first-order chi connectivity index (χ1) is 12.7. The molecule has 0 radical (unpaired) electrons. The lowest BCUT2D eigenvalue weighted by Gasteiger charge is -2.37. The number of rotatable bonds is 3. The maximum Gasteiger partial charge on any atom is 0.419 e. The Morgan fingerprint density at radius 3 is 2.30 bits per heavy atom. The summed E-state index contributed by atoms with van der Waals surface area (Å²) in [6, 6.07) is 2.38. The van der Waals surface area contributed by atoms with Crippen LogP contribution in [0.1, 0.15) is 66.9 Å². The first-order valence-electron chi connectivity index (χ1n) is 9.70. The second-order valence-electron chi connectivity index (χ2n) is 8.15. The molecule has 150 valence electrons. The summed E-state index contributed by atoms with van der Waals surface area (Å²) in [6.45, 7) is 4.18. The molecule has 0 spiro atoms. The first kappa shape index (κ1) is 20.3. The van der Waals surface area contributed by atoms with Crippen molar-refractivity contribution in [3.8, 4) is 0 Å². The first-order valence-corrected chi connectivity index (χ1v) is 9.70. The fraction of sp³-hybridized carbons (Fsp3) is 0.667. The van der Waals surface area contributed by atoms with Crippen LogP contribution in [-0.4, -0.2) is 18.5 Å². The van der Waals surface area contributed by atoms with E-state index < -0.39 is 34.8 Å². The minimum Gasteiger partial charge on any atom is -0.378 e. The number of Topliss-reactive ketones (excluding diaryl/α,β-unsaturated/α-hetero) is 1. The van der Waals surface area contributed by atoms with Crippen molar-refractivity contribution in [1.82, 2.24) is 0 Å². The van der Waals surface area contributed by atoms with Gasteiger partial charge >= 0.3 is 6.18 Å². The number of carbonyl (C=O) groups is 1. The summed E-state index contributed by atoms with van der Waals surface area (Å²) in [4.78, 5) is 12.8. The van der Waals surface area contributed by atoms with Crippen LogP contribution < -0.4 is 0 Å². The van der Waals surface area contributed by atoms with E-state index in [0.717, 1.165) is 38.4 Å². The van der Waals surface area contributed by atoms with Crippen molar-refractivity contribution >= 4 is 5.78 Å². The van der Waals surface area contributed by atoms with Gasteiger partial charge in [-0.1, -0.05) is 19.1 Å². The van der Waals surface area contributed by atoms with Crippen molar-refractivity contribution in [2.45, 2.75) is 64.7 Å². The molecule has 2 atom stereocenters. The van der Waals surface area contributed by atoms with Gasteiger partial charge in [0.15, 0.2) is 5.78 Å². The molecule has 1 unspecified atom stereocenters. The minimum atomic E-state index is -4.88. The van der Waals surface area contributed by atoms with E-state index in [9.17, 15) is 22.4 Å². The third kappa shape index (κ3) is 4.36. The molecule has 1 saturated heterocycles. The monoisotopic (exact) mass is 386 g/mol.